The van der Waals surface area contributed by atoms with Gasteiger partial charge in [-0.3, -0.25) is 0 Å². The molecule has 7 heteroatoms. The fraction of sp³-hybridized carbons (Fsp3) is 0.0769. The van der Waals surface area contributed by atoms with Crippen molar-refractivity contribution in [3.05, 3.63) is 58.9 Å². The van der Waals surface area contributed by atoms with Crippen LogP contribution in [0.15, 0.2) is 47.4 Å². The first kappa shape index (κ1) is 14.8. The molecule has 0 saturated carbocycles. The molecular formula is C13H12ClFN2O2S. The second-order valence-corrected chi connectivity index (χ2v) is 6.34. The van der Waals surface area contributed by atoms with Gasteiger partial charge in [0, 0.05) is 11.6 Å². The predicted octanol–water partition coefficient (Wildman–Crippen LogP) is 2.54. The van der Waals surface area contributed by atoms with Gasteiger partial charge >= 0.3 is 0 Å². The fourth-order valence-electron chi connectivity index (χ4n) is 1.60. The Morgan fingerprint density at radius 2 is 1.95 bits per heavy atom. The topological polar surface area (TPSA) is 72.2 Å². The number of hydrogen-bond donors (Lipinski definition) is 2. The highest BCUT2D eigenvalue weighted by Crippen LogP contribution is 2.17. The minimum Gasteiger partial charge on any atom is -0.396 e. The van der Waals surface area contributed by atoms with E-state index in [0.717, 1.165) is 23.8 Å². The van der Waals surface area contributed by atoms with E-state index in [1.54, 1.807) is 24.3 Å². The maximum Gasteiger partial charge on any atom is 0.240 e. The largest absolute Gasteiger partial charge is 0.396 e. The zero-order valence-corrected chi connectivity index (χ0v) is 11.9. The average molecular weight is 315 g/mol. The van der Waals surface area contributed by atoms with Gasteiger partial charge < -0.3 is 5.73 Å². The second kappa shape index (κ2) is 5.78. The van der Waals surface area contributed by atoms with Crippen molar-refractivity contribution in [3.63, 3.8) is 0 Å². The van der Waals surface area contributed by atoms with Gasteiger partial charge in [-0.25, -0.2) is 17.5 Å². The highest BCUT2D eigenvalue weighted by molar-refractivity contribution is 7.89. The van der Waals surface area contributed by atoms with Gasteiger partial charge in [0.25, 0.3) is 0 Å². The molecule has 0 aliphatic rings. The quantitative estimate of drug-likeness (QED) is 0.852. The number of benzene rings is 2. The van der Waals surface area contributed by atoms with Crippen molar-refractivity contribution in [1.82, 2.24) is 4.72 Å². The number of hydrogen-bond acceptors (Lipinski definition) is 3. The number of halogens is 2. The molecule has 0 aliphatic heterocycles. The minimum absolute atomic E-state index is 0.0835. The van der Waals surface area contributed by atoms with Crippen LogP contribution in [0.1, 0.15) is 5.56 Å². The summed E-state index contributed by atoms with van der Waals surface area (Å²) >= 11 is 5.81. The van der Waals surface area contributed by atoms with Crippen LogP contribution in [0.3, 0.4) is 0 Å². The molecule has 2 rings (SSSR count). The third-order valence-electron chi connectivity index (χ3n) is 2.63. The van der Waals surface area contributed by atoms with Gasteiger partial charge in [-0.2, -0.15) is 0 Å². The summed E-state index contributed by atoms with van der Waals surface area (Å²) in [5.74, 6) is -0.654. The Bertz CT molecular complexity index is 735. The van der Waals surface area contributed by atoms with E-state index in [0.29, 0.717) is 5.02 Å². The first-order valence-corrected chi connectivity index (χ1v) is 7.54. The van der Waals surface area contributed by atoms with Gasteiger partial charge in [0.15, 0.2) is 0 Å². The Balaban J connectivity index is 2.17. The van der Waals surface area contributed by atoms with Crippen LogP contribution < -0.4 is 10.5 Å². The summed E-state index contributed by atoms with van der Waals surface area (Å²) in [6.45, 7) is 0.0835. The molecule has 2 aromatic rings. The zero-order valence-electron chi connectivity index (χ0n) is 10.3. The lowest BCUT2D eigenvalue weighted by Crippen LogP contribution is -2.23. The molecule has 2 aromatic carbocycles. The lowest BCUT2D eigenvalue weighted by molar-refractivity contribution is 0.580. The van der Waals surface area contributed by atoms with Gasteiger partial charge in [0.05, 0.1) is 10.6 Å². The molecular weight excluding hydrogens is 303 g/mol. The van der Waals surface area contributed by atoms with Gasteiger partial charge in [-0.15, -0.1) is 0 Å². The lowest BCUT2D eigenvalue weighted by atomic mass is 10.2. The van der Waals surface area contributed by atoms with Crippen LogP contribution in [-0.2, 0) is 16.6 Å². The standard InChI is InChI=1S/C13H12ClFN2O2S/c14-10-3-1-2-9(6-10)8-17-20(18,19)11-4-5-12(15)13(16)7-11/h1-7,17H,8,16H2. The van der Waals surface area contributed by atoms with Crippen LogP contribution in [0.2, 0.25) is 5.02 Å². The van der Waals surface area contributed by atoms with Crippen LogP contribution in [0.5, 0.6) is 0 Å². The van der Waals surface area contributed by atoms with E-state index in [4.69, 9.17) is 17.3 Å². The first-order chi connectivity index (χ1) is 9.38. The summed E-state index contributed by atoms with van der Waals surface area (Å²) in [5.41, 5.74) is 5.87. The van der Waals surface area contributed by atoms with E-state index in [1.807, 2.05) is 0 Å². The highest BCUT2D eigenvalue weighted by Gasteiger charge is 2.15. The van der Waals surface area contributed by atoms with Crippen molar-refractivity contribution in [2.75, 3.05) is 5.73 Å². The van der Waals surface area contributed by atoms with Gasteiger partial charge in [0.1, 0.15) is 5.82 Å². The zero-order chi connectivity index (χ0) is 14.8. The van der Waals surface area contributed by atoms with E-state index in [2.05, 4.69) is 4.72 Å². The molecule has 0 spiro atoms. The van der Waals surface area contributed by atoms with Crippen LogP contribution in [-0.4, -0.2) is 8.42 Å². The molecule has 0 fully saturated rings. The van der Waals surface area contributed by atoms with E-state index >= 15 is 0 Å². The molecule has 0 aliphatic carbocycles. The average Bonchev–Trinajstić information content (AvgIpc) is 2.40. The number of nitrogen functional groups attached to an aromatic ring is 1. The van der Waals surface area contributed by atoms with Gasteiger partial charge in [0.2, 0.25) is 10.0 Å². The molecule has 106 valence electrons. The Hall–Kier alpha value is -1.63. The number of nitrogens with one attached hydrogen (secondary N) is 1. The number of rotatable bonds is 4. The molecule has 0 heterocycles. The predicted molar refractivity (Wildman–Crippen MR) is 76.3 cm³/mol. The Kier molecular flexibility index (Phi) is 4.27. The molecule has 0 radical (unpaired) electrons. The number of sulfonamides is 1. The fourth-order valence-corrected chi connectivity index (χ4v) is 2.86. The lowest BCUT2D eigenvalue weighted by Gasteiger charge is -2.08. The molecule has 20 heavy (non-hydrogen) atoms. The SMILES string of the molecule is Nc1cc(S(=O)(=O)NCc2cccc(Cl)c2)ccc1F. The Labute approximate surface area is 121 Å². The van der Waals surface area contributed by atoms with Crippen molar-refractivity contribution in [1.29, 1.82) is 0 Å². The summed E-state index contributed by atoms with van der Waals surface area (Å²) in [5, 5.41) is 0.521. The molecule has 0 unspecified atom stereocenters. The van der Waals surface area contributed by atoms with Crippen LogP contribution in [0.25, 0.3) is 0 Å². The smallest absolute Gasteiger partial charge is 0.240 e. The van der Waals surface area contributed by atoms with Crippen molar-refractivity contribution in [2.24, 2.45) is 0 Å². The third-order valence-corrected chi connectivity index (χ3v) is 4.27. The monoisotopic (exact) mass is 314 g/mol. The van der Waals surface area contributed by atoms with Crippen LogP contribution >= 0.6 is 11.6 Å². The highest BCUT2D eigenvalue weighted by atomic mass is 35.5. The summed E-state index contributed by atoms with van der Waals surface area (Å²) in [6, 6.07) is 10.1. The third kappa shape index (κ3) is 3.47. The molecule has 0 atom stereocenters. The maximum absolute atomic E-state index is 13.0. The Morgan fingerprint density at radius 1 is 1.20 bits per heavy atom. The Morgan fingerprint density at radius 3 is 2.60 bits per heavy atom. The second-order valence-electron chi connectivity index (χ2n) is 4.14. The summed E-state index contributed by atoms with van der Waals surface area (Å²) in [4.78, 5) is -0.0848. The van der Waals surface area contributed by atoms with Crippen molar-refractivity contribution in [2.45, 2.75) is 11.4 Å². The molecule has 0 aromatic heterocycles. The van der Waals surface area contributed by atoms with E-state index in [1.165, 1.54) is 0 Å². The van der Waals surface area contributed by atoms with Gasteiger partial charge in [-0.05, 0) is 35.9 Å². The molecule has 3 N–H and O–H groups in total. The van der Waals surface area contributed by atoms with Crippen molar-refractivity contribution >= 4 is 27.3 Å². The molecule has 0 bridgehead atoms. The van der Waals surface area contributed by atoms with Gasteiger partial charge in [-0.1, -0.05) is 23.7 Å². The molecule has 4 nitrogen and oxygen atoms in total. The van der Waals surface area contributed by atoms with Crippen LogP contribution in [0, 0.1) is 5.82 Å². The number of nitrogens with two attached hydrogens (primary N) is 1. The normalized spacial score (nSPS) is 11.5. The minimum atomic E-state index is -3.75. The molecule has 0 saturated heterocycles. The maximum atomic E-state index is 13.0. The summed E-state index contributed by atoms with van der Waals surface area (Å²) < 4.78 is 39.5. The molecule has 0 amide bonds. The van der Waals surface area contributed by atoms with E-state index in [9.17, 15) is 12.8 Å². The van der Waals surface area contributed by atoms with Crippen molar-refractivity contribution in [3.8, 4) is 0 Å². The number of anilines is 1. The van der Waals surface area contributed by atoms with Crippen LogP contribution in [0.4, 0.5) is 10.1 Å². The van der Waals surface area contributed by atoms with E-state index in [-0.39, 0.29) is 17.1 Å². The first-order valence-electron chi connectivity index (χ1n) is 5.67. The summed E-state index contributed by atoms with van der Waals surface area (Å²) in [6.07, 6.45) is 0. The van der Waals surface area contributed by atoms with Crippen molar-refractivity contribution < 1.29 is 12.8 Å². The summed E-state index contributed by atoms with van der Waals surface area (Å²) in [7, 11) is -3.75. The van der Waals surface area contributed by atoms with E-state index < -0.39 is 15.8 Å².